The van der Waals surface area contributed by atoms with E-state index in [0.717, 1.165) is 10.9 Å². The Morgan fingerprint density at radius 2 is 1.71 bits per heavy atom. The SMILES string of the molecule is COc1ccc([C@H](NC(=O)c2ccccc2)c2ccc3cccnc3c2O)cc1OC. The smallest absolute Gasteiger partial charge is 0.252 e. The zero-order valence-electron chi connectivity index (χ0n) is 17.2. The molecular formula is C25H22N2O4. The van der Waals surface area contributed by atoms with Gasteiger partial charge in [0.15, 0.2) is 11.5 Å². The molecule has 1 heterocycles. The maximum atomic E-state index is 13.0. The lowest BCUT2D eigenvalue weighted by atomic mass is 9.95. The van der Waals surface area contributed by atoms with Gasteiger partial charge >= 0.3 is 0 Å². The number of nitrogens with one attached hydrogen (secondary N) is 1. The quantitative estimate of drug-likeness (QED) is 0.486. The van der Waals surface area contributed by atoms with Gasteiger partial charge in [0.1, 0.15) is 11.3 Å². The highest BCUT2D eigenvalue weighted by molar-refractivity contribution is 5.95. The molecule has 0 fully saturated rings. The van der Waals surface area contributed by atoms with Gasteiger partial charge in [-0.15, -0.1) is 0 Å². The van der Waals surface area contributed by atoms with E-state index in [9.17, 15) is 9.90 Å². The number of aromatic hydroxyl groups is 1. The molecule has 6 nitrogen and oxygen atoms in total. The van der Waals surface area contributed by atoms with E-state index < -0.39 is 6.04 Å². The minimum Gasteiger partial charge on any atom is -0.505 e. The number of hydrogen-bond acceptors (Lipinski definition) is 5. The Morgan fingerprint density at radius 1 is 0.935 bits per heavy atom. The highest BCUT2D eigenvalue weighted by Crippen LogP contribution is 2.37. The molecular weight excluding hydrogens is 392 g/mol. The zero-order chi connectivity index (χ0) is 21.8. The van der Waals surface area contributed by atoms with Gasteiger partial charge in [0, 0.05) is 22.7 Å². The molecule has 1 amide bonds. The minimum atomic E-state index is -0.640. The van der Waals surface area contributed by atoms with Crippen LogP contribution in [0.3, 0.4) is 0 Å². The summed E-state index contributed by atoms with van der Waals surface area (Å²) in [7, 11) is 3.11. The van der Waals surface area contributed by atoms with Gasteiger partial charge in [-0.3, -0.25) is 9.78 Å². The minimum absolute atomic E-state index is 0.0197. The average Bonchev–Trinajstić information content (AvgIpc) is 2.83. The van der Waals surface area contributed by atoms with Crippen LogP contribution < -0.4 is 14.8 Å². The maximum Gasteiger partial charge on any atom is 0.252 e. The first-order valence-electron chi connectivity index (χ1n) is 9.77. The number of phenolic OH excluding ortho intramolecular Hbond substituents is 1. The summed E-state index contributed by atoms with van der Waals surface area (Å²) in [6.07, 6.45) is 1.62. The van der Waals surface area contributed by atoms with Gasteiger partial charge in [-0.25, -0.2) is 0 Å². The number of hydrogen-bond donors (Lipinski definition) is 2. The van der Waals surface area contributed by atoms with Crippen LogP contribution in [0.15, 0.2) is 79.0 Å². The number of methoxy groups -OCH3 is 2. The Labute approximate surface area is 180 Å². The molecule has 2 N–H and O–H groups in total. The summed E-state index contributed by atoms with van der Waals surface area (Å²) in [5.74, 6) is 0.855. The van der Waals surface area contributed by atoms with Crippen molar-refractivity contribution in [2.75, 3.05) is 14.2 Å². The van der Waals surface area contributed by atoms with Crippen molar-refractivity contribution < 1.29 is 19.4 Å². The Morgan fingerprint density at radius 3 is 2.45 bits per heavy atom. The summed E-state index contributed by atoms with van der Waals surface area (Å²) in [5.41, 5.74) is 2.25. The molecule has 0 bridgehead atoms. The molecule has 0 saturated carbocycles. The van der Waals surface area contributed by atoms with Crippen LogP contribution in [0.1, 0.15) is 27.5 Å². The van der Waals surface area contributed by atoms with Crippen molar-refractivity contribution in [2.45, 2.75) is 6.04 Å². The van der Waals surface area contributed by atoms with E-state index in [2.05, 4.69) is 10.3 Å². The molecule has 6 heteroatoms. The predicted octanol–water partition coefficient (Wildman–Crippen LogP) is 4.48. The van der Waals surface area contributed by atoms with Gasteiger partial charge in [0.2, 0.25) is 0 Å². The fourth-order valence-corrected chi connectivity index (χ4v) is 3.56. The van der Waals surface area contributed by atoms with Gasteiger partial charge in [-0.1, -0.05) is 42.5 Å². The third-order valence-corrected chi connectivity index (χ3v) is 5.14. The topological polar surface area (TPSA) is 80.7 Å². The number of carbonyl (C=O) groups excluding carboxylic acids is 1. The van der Waals surface area contributed by atoms with E-state index in [1.165, 1.54) is 0 Å². The van der Waals surface area contributed by atoms with Crippen LogP contribution >= 0.6 is 0 Å². The first-order chi connectivity index (χ1) is 15.1. The molecule has 0 aliphatic rings. The second-order valence-electron chi connectivity index (χ2n) is 6.97. The van der Waals surface area contributed by atoms with Crippen LogP contribution in [0.4, 0.5) is 0 Å². The number of amides is 1. The fraction of sp³-hybridized carbons (Fsp3) is 0.120. The first-order valence-corrected chi connectivity index (χ1v) is 9.77. The zero-order valence-corrected chi connectivity index (χ0v) is 17.2. The molecule has 1 atom stereocenters. The van der Waals surface area contributed by atoms with Crippen LogP contribution in [-0.2, 0) is 0 Å². The van der Waals surface area contributed by atoms with Crippen molar-refractivity contribution in [2.24, 2.45) is 0 Å². The number of rotatable bonds is 6. The van der Waals surface area contributed by atoms with Crippen molar-refractivity contribution >= 4 is 16.8 Å². The van der Waals surface area contributed by atoms with Gasteiger partial charge in [-0.2, -0.15) is 0 Å². The molecule has 0 unspecified atom stereocenters. The molecule has 4 rings (SSSR count). The van der Waals surface area contributed by atoms with Crippen molar-refractivity contribution in [3.63, 3.8) is 0 Å². The largest absolute Gasteiger partial charge is 0.505 e. The lowest BCUT2D eigenvalue weighted by Crippen LogP contribution is -2.29. The van der Waals surface area contributed by atoms with Gasteiger partial charge in [0.25, 0.3) is 5.91 Å². The third-order valence-electron chi connectivity index (χ3n) is 5.14. The van der Waals surface area contributed by atoms with Crippen molar-refractivity contribution in [1.82, 2.24) is 10.3 Å². The number of aromatic nitrogens is 1. The highest BCUT2D eigenvalue weighted by atomic mass is 16.5. The Balaban J connectivity index is 1.83. The number of benzene rings is 3. The third kappa shape index (κ3) is 4.00. The lowest BCUT2D eigenvalue weighted by molar-refractivity contribution is 0.0942. The normalized spacial score (nSPS) is 11.7. The van der Waals surface area contributed by atoms with E-state index in [1.807, 2.05) is 30.3 Å². The van der Waals surface area contributed by atoms with Gasteiger partial charge in [-0.05, 0) is 35.9 Å². The van der Waals surface area contributed by atoms with Crippen molar-refractivity contribution in [1.29, 1.82) is 0 Å². The molecule has 156 valence electrons. The van der Waals surface area contributed by atoms with E-state index in [1.54, 1.807) is 62.9 Å². The predicted molar refractivity (Wildman–Crippen MR) is 119 cm³/mol. The summed E-state index contributed by atoms with van der Waals surface area (Å²) in [6, 6.07) is 21.0. The number of carbonyl (C=O) groups is 1. The van der Waals surface area contributed by atoms with E-state index in [4.69, 9.17) is 9.47 Å². The molecule has 1 aromatic heterocycles. The monoisotopic (exact) mass is 414 g/mol. The molecule has 3 aromatic carbocycles. The number of nitrogens with zero attached hydrogens (tertiary/aromatic N) is 1. The summed E-state index contributed by atoms with van der Waals surface area (Å²) in [4.78, 5) is 17.3. The standard InChI is InChI=1S/C25H22N2O4/c1-30-20-13-11-18(15-21(20)31-2)22(27-25(29)17-7-4-3-5-8-17)19-12-10-16-9-6-14-26-23(16)24(19)28/h3-15,22,28H,1-2H3,(H,27,29)/t22-/m0/s1. The second-order valence-corrected chi connectivity index (χ2v) is 6.97. The first kappa shape index (κ1) is 20.2. The van der Waals surface area contributed by atoms with Crippen LogP contribution in [0, 0.1) is 0 Å². The summed E-state index contributed by atoms with van der Waals surface area (Å²) in [5, 5.41) is 14.9. The van der Waals surface area contributed by atoms with Crippen LogP contribution in [0.2, 0.25) is 0 Å². The Kier molecular flexibility index (Phi) is 5.71. The van der Waals surface area contributed by atoms with E-state index >= 15 is 0 Å². The average molecular weight is 414 g/mol. The Hall–Kier alpha value is -4.06. The fourth-order valence-electron chi connectivity index (χ4n) is 3.56. The van der Waals surface area contributed by atoms with Gasteiger partial charge in [0.05, 0.1) is 20.3 Å². The summed E-state index contributed by atoms with van der Waals surface area (Å²) in [6.45, 7) is 0. The molecule has 0 aliphatic carbocycles. The number of ether oxygens (including phenoxy) is 2. The number of fused-ring (bicyclic) bond motifs is 1. The Bertz CT molecular complexity index is 1220. The number of pyridine rings is 1. The maximum absolute atomic E-state index is 13.0. The molecule has 0 radical (unpaired) electrons. The van der Waals surface area contributed by atoms with Crippen molar-refractivity contribution in [3.05, 3.63) is 95.7 Å². The van der Waals surface area contributed by atoms with E-state index in [0.29, 0.717) is 28.1 Å². The van der Waals surface area contributed by atoms with Crippen LogP contribution in [0.25, 0.3) is 10.9 Å². The molecule has 4 aromatic rings. The molecule has 31 heavy (non-hydrogen) atoms. The van der Waals surface area contributed by atoms with Gasteiger partial charge < -0.3 is 19.9 Å². The highest BCUT2D eigenvalue weighted by Gasteiger charge is 2.23. The van der Waals surface area contributed by atoms with Crippen molar-refractivity contribution in [3.8, 4) is 17.2 Å². The molecule has 0 aliphatic heterocycles. The van der Waals surface area contributed by atoms with Crippen LogP contribution in [-0.4, -0.2) is 30.2 Å². The summed E-state index contributed by atoms with van der Waals surface area (Å²) < 4.78 is 10.8. The van der Waals surface area contributed by atoms with Crippen LogP contribution in [0.5, 0.6) is 17.2 Å². The summed E-state index contributed by atoms with van der Waals surface area (Å²) >= 11 is 0. The molecule has 0 saturated heterocycles. The molecule has 0 spiro atoms. The number of phenols is 1. The van der Waals surface area contributed by atoms with E-state index in [-0.39, 0.29) is 11.7 Å². The lowest BCUT2D eigenvalue weighted by Gasteiger charge is -2.22. The second kappa shape index (κ2) is 8.75.